The van der Waals surface area contributed by atoms with E-state index in [2.05, 4.69) is 4.98 Å². The average Bonchev–Trinajstić information content (AvgIpc) is 3.01. The number of hydrogen-bond donors (Lipinski definition) is 1. The molecule has 0 aliphatic heterocycles. The Morgan fingerprint density at radius 1 is 1.22 bits per heavy atom. The first-order chi connectivity index (χ1) is 12.8. The van der Waals surface area contributed by atoms with Crippen molar-refractivity contribution in [1.82, 2.24) is 8.96 Å². The van der Waals surface area contributed by atoms with Crippen LogP contribution in [0.1, 0.15) is 11.3 Å². The normalized spacial score (nSPS) is 11.6. The third-order valence-electron chi connectivity index (χ3n) is 3.95. The van der Waals surface area contributed by atoms with E-state index in [4.69, 9.17) is 4.74 Å². The van der Waals surface area contributed by atoms with E-state index in [-0.39, 0.29) is 27.6 Å². The van der Waals surface area contributed by atoms with Gasteiger partial charge in [0.25, 0.3) is 10.0 Å². The molecule has 1 aromatic carbocycles. The number of aryl methyl sites for hydroxylation is 1. The maximum atomic E-state index is 14.4. The fourth-order valence-corrected chi connectivity index (χ4v) is 4.13. The first-order valence-corrected chi connectivity index (χ1v) is 9.27. The molecule has 0 amide bonds. The Kier molecular flexibility index (Phi) is 4.99. The molecule has 0 spiro atoms. The summed E-state index contributed by atoms with van der Waals surface area (Å²) in [6.45, 7) is 1.09. The van der Waals surface area contributed by atoms with E-state index < -0.39 is 28.3 Å². The van der Waals surface area contributed by atoms with Gasteiger partial charge in [-0.15, -0.1) is 0 Å². The summed E-state index contributed by atoms with van der Waals surface area (Å²) in [5.74, 6) is -1.80. The average molecular weight is 394 g/mol. The molecule has 0 atom stereocenters. The van der Waals surface area contributed by atoms with Gasteiger partial charge < -0.3 is 9.84 Å². The first kappa shape index (κ1) is 19.0. The van der Waals surface area contributed by atoms with E-state index in [0.717, 1.165) is 22.3 Å². The van der Waals surface area contributed by atoms with Crippen LogP contribution in [0.2, 0.25) is 0 Å². The minimum absolute atomic E-state index is 0.0285. The van der Waals surface area contributed by atoms with Gasteiger partial charge in [-0.3, -0.25) is 0 Å². The van der Waals surface area contributed by atoms with Gasteiger partial charge in [-0.05, 0) is 31.2 Å². The summed E-state index contributed by atoms with van der Waals surface area (Å²) in [5.41, 5.74) is 0.256. The smallest absolute Gasteiger partial charge is 0.285 e. The molecule has 2 heterocycles. The van der Waals surface area contributed by atoms with Gasteiger partial charge in [0.05, 0.1) is 13.7 Å². The highest BCUT2D eigenvalue weighted by Gasteiger charge is 2.29. The topological polar surface area (TPSA) is 81.4 Å². The lowest BCUT2D eigenvalue weighted by Crippen LogP contribution is -2.15. The van der Waals surface area contributed by atoms with E-state index in [1.54, 1.807) is 13.0 Å². The Hall–Kier alpha value is -2.78. The summed E-state index contributed by atoms with van der Waals surface area (Å²) in [4.78, 5) is 4.02. The van der Waals surface area contributed by atoms with Crippen molar-refractivity contribution in [3.05, 3.63) is 65.5 Å². The van der Waals surface area contributed by atoms with Crippen LogP contribution >= 0.6 is 0 Å². The van der Waals surface area contributed by atoms with Crippen molar-refractivity contribution in [2.45, 2.75) is 18.6 Å². The van der Waals surface area contributed by atoms with Gasteiger partial charge in [0.1, 0.15) is 17.3 Å². The zero-order valence-electron chi connectivity index (χ0n) is 14.5. The molecule has 0 saturated carbocycles. The molecule has 0 radical (unpaired) electrons. The van der Waals surface area contributed by atoms with E-state index in [9.17, 15) is 22.3 Å². The maximum Gasteiger partial charge on any atom is 0.285 e. The van der Waals surface area contributed by atoms with Crippen LogP contribution in [-0.4, -0.2) is 29.6 Å². The molecule has 6 nitrogen and oxygen atoms in total. The Bertz CT molecular complexity index is 1110. The van der Waals surface area contributed by atoms with Crippen LogP contribution in [-0.2, 0) is 16.6 Å². The number of benzene rings is 1. The predicted molar refractivity (Wildman–Crippen MR) is 93.8 cm³/mol. The molecule has 2 aromatic heterocycles. The summed E-state index contributed by atoms with van der Waals surface area (Å²) in [7, 11) is -2.97. The quantitative estimate of drug-likeness (QED) is 0.720. The number of aliphatic hydroxyl groups is 1. The second kappa shape index (κ2) is 7.09. The Morgan fingerprint density at radius 3 is 2.56 bits per heavy atom. The molecule has 3 aromatic rings. The zero-order valence-corrected chi connectivity index (χ0v) is 15.3. The highest BCUT2D eigenvalue weighted by Crippen LogP contribution is 2.38. The number of halogens is 2. The number of hydrogen-bond acceptors (Lipinski definition) is 5. The summed E-state index contributed by atoms with van der Waals surface area (Å²) in [5, 5.41) is 9.31. The minimum atomic E-state index is -4.23. The molecule has 0 aliphatic carbocycles. The van der Waals surface area contributed by atoms with Gasteiger partial charge >= 0.3 is 0 Å². The molecule has 0 unspecified atom stereocenters. The molecule has 0 bridgehead atoms. The first-order valence-electron chi connectivity index (χ1n) is 7.83. The zero-order chi connectivity index (χ0) is 19.8. The molecular formula is C18H16F2N2O4S. The molecule has 1 N–H and O–H groups in total. The molecule has 9 heteroatoms. The van der Waals surface area contributed by atoms with Crippen LogP contribution in [0.3, 0.4) is 0 Å². The maximum absolute atomic E-state index is 14.4. The molecule has 3 rings (SSSR count). The van der Waals surface area contributed by atoms with E-state index in [1.165, 1.54) is 19.2 Å². The molecular weight excluding hydrogens is 378 g/mol. The van der Waals surface area contributed by atoms with Crippen LogP contribution in [0, 0.1) is 18.6 Å². The molecule has 142 valence electrons. The molecule has 27 heavy (non-hydrogen) atoms. The predicted octanol–water partition coefficient (Wildman–Crippen LogP) is 2.87. The van der Waals surface area contributed by atoms with Gasteiger partial charge in [0.15, 0.2) is 10.8 Å². The second-order valence-corrected chi connectivity index (χ2v) is 7.50. The van der Waals surface area contributed by atoms with Gasteiger partial charge in [-0.1, -0.05) is 6.07 Å². The number of rotatable bonds is 5. The lowest BCUT2D eigenvalue weighted by molar-refractivity contribution is 0.274. The van der Waals surface area contributed by atoms with Crippen molar-refractivity contribution < 1.29 is 27.0 Å². The third-order valence-corrected chi connectivity index (χ3v) is 5.51. The number of nitrogens with zero attached hydrogens (tertiary/aromatic N) is 2. The Balaban J connectivity index is 2.35. The second-order valence-electron chi connectivity index (χ2n) is 5.74. The molecule has 0 saturated heterocycles. The van der Waals surface area contributed by atoms with Crippen molar-refractivity contribution in [3.8, 4) is 17.0 Å². The summed E-state index contributed by atoms with van der Waals surface area (Å²) in [6, 6.07) is 7.22. The highest BCUT2D eigenvalue weighted by molar-refractivity contribution is 7.90. The van der Waals surface area contributed by atoms with E-state index >= 15 is 0 Å². The van der Waals surface area contributed by atoms with Crippen LogP contribution in [0.15, 0.2) is 47.6 Å². The largest absolute Gasteiger partial charge is 0.494 e. The SMILES string of the molecule is COc1c(CO)cn(S(=O)(=O)c2cccc(C)n2)c1-c1ccc(F)cc1F. The fraction of sp³-hybridized carbons (Fsp3) is 0.167. The molecule has 0 aliphatic rings. The standard InChI is InChI=1S/C18H16F2N2O4S/c1-11-4-3-5-16(21-11)27(24,25)22-9-12(10-23)18(26-2)17(22)14-7-6-13(19)8-15(14)20/h3-9,23H,10H2,1-2H3. The van der Waals surface area contributed by atoms with Crippen molar-refractivity contribution >= 4 is 10.0 Å². The van der Waals surface area contributed by atoms with Crippen molar-refractivity contribution in [3.63, 3.8) is 0 Å². The summed E-state index contributed by atoms with van der Waals surface area (Å²) < 4.78 is 60.0. The molecule has 0 fully saturated rings. The number of aliphatic hydroxyl groups excluding tert-OH is 1. The third kappa shape index (κ3) is 3.31. The van der Waals surface area contributed by atoms with Crippen LogP contribution in [0.5, 0.6) is 5.75 Å². The van der Waals surface area contributed by atoms with Crippen molar-refractivity contribution in [1.29, 1.82) is 0 Å². The van der Waals surface area contributed by atoms with Gasteiger partial charge in [-0.25, -0.2) is 17.7 Å². The van der Waals surface area contributed by atoms with Crippen molar-refractivity contribution in [2.24, 2.45) is 0 Å². The Labute approximate surface area is 154 Å². The van der Waals surface area contributed by atoms with E-state index in [1.807, 2.05) is 0 Å². The van der Waals surface area contributed by atoms with Crippen molar-refractivity contribution in [2.75, 3.05) is 7.11 Å². The number of ether oxygens (including phenoxy) is 1. The van der Waals surface area contributed by atoms with E-state index in [0.29, 0.717) is 11.8 Å². The number of methoxy groups -OCH3 is 1. The summed E-state index contributed by atoms with van der Waals surface area (Å²) >= 11 is 0. The van der Waals surface area contributed by atoms with Gasteiger partial charge in [0.2, 0.25) is 0 Å². The fourth-order valence-electron chi connectivity index (χ4n) is 2.73. The lowest BCUT2D eigenvalue weighted by Gasteiger charge is -2.12. The Morgan fingerprint density at radius 2 is 1.96 bits per heavy atom. The van der Waals surface area contributed by atoms with Crippen LogP contribution in [0.4, 0.5) is 8.78 Å². The minimum Gasteiger partial charge on any atom is -0.494 e. The van der Waals surface area contributed by atoms with Gasteiger partial charge in [-0.2, -0.15) is 8.42 Å². The lowest BCUT2D eigenvalue weighted by atomic mass is 10.1. The van der Waals surface area contributed by atoms with Crippen LogP contribution < -0.4 is 4.74 Å². The summed E-state index contributed by atoms with van der Waals surface area (Å²) in [6.07, 6.45) is 1.14. The van der Waals surface area contributed by atoms with Gasteiger partial charge in [0, 0.05) is 29.1 Å². The monoisotopic (exact) mass is 394 g/mol. The highest BCUT2D eigenvalue weighted by atomic mass is 32.2. The van der Waals surface area contributed by atoms with Crippen LogP contribution in [0.25, 0.3) is 11.3 Å². The number of pyridine rings is 1. The number of aromatic nitrogens is 2.